The number of aldehydes is 1. The molecule has 0 spiro atoms. The largest absolute Gasteiger partial charge is 0.367 e. The Morgan fingerprint density at radius 2 is 1.76 bits per heavy atom. The smallest absolute Gasteiger partial charge is 0.155 e. The minimum atomic E-state index is -0.463. The van der Waals surface area contributed by atoms with Gasteiger partial charge in [-0.05, 0) is 24.3 Å². The molecule has 2 heterocycles. The van der Waals surface area contributed by atoms with Crippen molar-refractivity contribution in [2.75, 3.05) is 36.0 Å². The van der Waals surface area contributed by atoms with Crippen LogP contribution in [-0.2, 0) is 0 Å². The molecule has 1 aliphatic rings. The molecule has 1 aliphatic heterocycles. The molecule has 2 aromatic rings. The topological polar surface area (TPSA) is 36.4 Å². The first-order chi connectivity index (χ1) is 10.3. The maximum absolute atomic E-state index is 13.7. The second-order valence-electron chi connectivity index (χ2n) is 4.95. The van der Waals surface area contributed by atoms with E-state index in [4.69, 9.17) is 0 Å². The Balaban J connectivity index is 1.75. The first-order valence-electron chi connectivity index (χ1n) is 6.94. The van der Waals surface area contributed by atoms with E-state index in [2.05, 4.69) is 9.88 Å². The van der Waals surface area contributed by atoms with Crippen molar-refractivity contribution in [1.29, 1.82) is 0 Å². The second-order valence-corrected chi connectivity index (χ2v) is 4.95. The van der Waals surface area contributed by atoms with Crippen LogP contribution in [-0.4, -0.2) is 37.4 Å². The molecule has 0 saturated carbocycles. The lowest BCUT2D eigenvalue weighted by molar-refractivity contribution is 0.112. The number of benzene rings is 1. The fourth-order valence-corrected chi connectivity index (χ4v) is 2.64. The van der Waals surface area contributed by atoms with Gasteiger partial charge in [-0.25, -0.2) is 9.37 Å². The normalized spacial score (nSPS) is 15.1. The highest BCUT2D eigenvalue weighted by atomic mass is 19.1. The molecule has 21 heavy (non-hydrogen) atoms. The fraction of sp³-hybridized carbons (Fsp3) is 0.250. The Morgan fingerprint density at radius 1 is 1.00 bits per heavy atom. The predicted molar refractivity (Wildman–Crippen MR) is 80.5 cm³/mol. The monoisotopic (exact) mass is 285 g/mol. The number of carbonyl (C=O) groups excluding carboxylic acids is 1. The van der Waals surface area contributed by atoms with Gasteiger partial charge in [0.05, 0.1) is 11.3 Å². The van der Waals surface area contributed by atoms with Crippen LogP contribution >= 0.6 is 0 Å². The third-order valence-electron chi connectivity index (χ3n) is 3.74. The number of hydrogen-bond acceptors (Lipinski definition) is 4. The predicted octanol–water partition coefficient (Wildman–Crippen LogP) is 2.36. The third kappa shape index (κ3) is 2.72. The maximum Gasteiger partial charge on any atom is 0.155 e. The average Bonchev–Trinajstić information content (AvgIpc) is 2.55. The summed E-state index contributed by atoms with van der Waals surface area (Å²) < 4.78 is 13.7. The van der Waals surface area contributed by atoms with Crippen LogP contribution in [0, 0.1) is 5.82 Å². The molecule has 0 aliphatic carbocycles. The molecule has 1 saturated heterocycles. The van der Waals surface area contributed by atoms with E-state index in [9.17, 15) is 9.18 Å². The fourth-order valence-electron chi connectivity index (χ4n) is 2.64. The standard InChI is InChI=1S/C16H16FN3O/c17-14-4-3-5-15(13(14)12-21)19-8-10-20(11-9-19)16-6-1-2-7-18-16/h1-7,12H,8-11H2. The zero-order valence-electron chi connectivity index (χ0n) is 11.6. The summed E-state index contributed by atoms with van der Waals surface area (Å²) in [4.78, 5) is 19.7. The van der Waals surface area contributed by atoms with Gasteiger partial charge in [0.2, 0.25) is 0 Å². The van der Waals surface area contributed by atoms with Crippen LogP contribution in [0.25, 0.3) is 0 Å². The number of aromatic nitrogens is 1. The van der Waals surface area contributed by atoms with Gasteiger partial charge in [-0.1, -0.05) is 12.1 Å². The maximum atomic E-state index is 13.7. The van der Waals surface area contributed by atoms with Crippen LogP contribution in [0.3, 0.4) is 0 Å². The summed E-state index contributed by atoms with van der Waals surface area (Å²) in [6, 6.07) is 10.6. The number of anilines is 2. The first-order valence-corrected chi connectivity index (χ1v) is 6.94. The Morgan fingerprint density at radius 3 is 2.43 bits per heavy atom. The highest BCUT2D eigenvalue weighted by Gasteiger charge is 2.21. The van der Waals surface area contributed by atoms with Crippen LogP contribution in [0.15, 0.2) is 42.6 Å². The molecular formula is C16H16FN3O. The molecule has 0 bridgehead atoms. The van der Waals surface area contributed by atoms with E-state index in [1.165, 1.54) is 6.07 Å². The molecule has 108 valence electrons. The average molecular weight is 285 g/mol. The summed E-state index contributed by atoms with van der Waals surface area (Å²) in [6.45, 7) is 3.07. The minimum Gasteiger partial charge on any atom is -0.367 e. The molecule has 1 aromatic carbocycles. The number of halogens is 1. The second kappa shape index (κ2) is 5.91. The van der Waals surface area contributed by atoms with E-state index >= 15 is 0 Å². The van der Waals surface area contributed by atoms with Gasteiger partial charge in [0.1, 0.15) is 11.6 Å². The molecule has 0 unspecified atom stereocenters. The first kappa shape index (κ1) is 13.5. The SMILES string of the molecule is O=Cc1c(F)cccc1N1CCN(c2ccccn2)CC1. The van der Waals surface area contributed by atoms with E-state index in [0.717, 1.165) is 32.0 Å². The summed E-state index contributed by atoms with van der Waals surface area (Å²) in [5, 5.41) is 0. The summed E-state index contributed by atoms with van der Waals surface area (Å²) in [6.07, 6.45) is 2.37. The van der Waals surface area contributed by atoms with E-state index < -0.39 is 5.82 Å². The van der Waals surface area contributed by atoms with Crippen molar-refractivity contribution in [3.8, 4) is 0 Å². The molecule has 0 N–H and O–H groups in total. The number of hydrogen-bond donors (Lipinski definition) is 0. The zero-order chi connectivity index (χ0) is 14.7. The van der Waals surface area contributed by atoms with Gasteiger partial charge in [0.25, 0.3) is 0 Å². The summed E-state index contributed by atoms with van der Waals surface area (Å²) in [7, 11) is 0. The number of pyridine rings is 1. The van der Waals surface area contributed by atoms with E-state index in [-0.39, 0.29) is 5.56 Å². The van der Waals surface area contributed by atoms with Gasteiger partial charge in [0.15, 0.2) is 6.29 Å². The number of nitrogens with zero attached hydrogens (tertiary/aromatic N) is 3. The number of piperazine rings is 1. The summed E-state index contributed by atoms with van der Waals surface area (Å²) >= 11 is 0. The van der Waals surface area contributed by atoms with Crippen molar-refractivity contribution >= 4 is 17.8 Å². The lowest BCUT2D eigenvalue weighted by Gasteiger charge is -2.37. The lowest BCUT2D eigenvalue weighted by Crippen LogP contribution is -2.47. The van der Waals surface area contributed by atoms with Crippen LogP contribution in [0.1, 0.15) is 10.4 Å². The van der Waals surface area contributed by atoms with Crippen molar-refractivity contribution in [3.63, 3.8) is 0 Å². The Bertz CT molecular complexity index is 625. The van der Waals surface area contributed by atoms with Gasteiger partial charge in [0, 0.05) is 32.4 Å². The van der Waals surface area contributed by atoms with E-state index in [1.54, 1.807) is 18.3 Å². The molecule has 0 atom stereocenters. The lowest BCUT2D eigenvalue weighted by atomic mass is 10.1. The summed E-state index contributed by atoms with van der Waals surface area (Å²) in [5.74, 6) is 0.488. The molecule has 5 heteroatoms. The van der Waals surface area contributed by atoms with Crippen LogP contribution in [0.5, 0.6) is 0 Å². The van der Waals surface area contributed by atoms with Crippen LogP contribution in [0.4, 0.5) is 15.9 Å². The van der Waals surface area contributed by atoms with Gasteiger partial charge in [-0.3, -0.25) is 4.79 Å². The minimum absolute atomic E-state index is 0.142. The van der Waals surface area contributed by atoms with E-state index in [0.29, 0.717) is 12.0 Å². The third-order valence-corrected chi connectivity index (χ3v) is 3.74. The van der Waals surface area contributed by atoms with Gasteiger partial charge < -0.3 is 9.80 Å². The Kier molecular flexibility index (Phi) is 3.81. The zero-order valence-corrected chi connectivity index (χ0v) is 11.6. The van der Waals surface area contributed by atoms with Gasteiger partial charge in [-0.15, -0.1) is 0 Å². The highest BCUT2D eigenvalue weighted by Crippen LogP contribution is 2.24. The highest BCUT2D eigenvalue weighted by molar-refractivity contribution is 5.85. The van der Waals surface area contributed by atoms with Gasteiger partial charge >= 0.3 is 0 Å². The number of rotatable bonds is 3. The molecule has 1 fully saturated rings. The molecule has 4 nitrogen and oxygen atoms in total. The van der Waals surface area contributed by atoms with E-state index in [1.807, 2.05) is 23.1 Å². The van der Waals surface area contributed by atoms with Crippen molar-refractivity contribution in [2.24, 2.45) is 0 Å². The Labute approximate surface area is 122 Å². The molecule has 3 rings (SSSR count). The summed E-state index contributed by atoms with van der Waals surface area (Å²) in [5.41, 5.74) is 0.814. The molecule has 0 amide bonds. The van der Waals surface area contributed by atoms with Crippen molar-refractivity contribution in [2.45, 2.75) is 0 Å². The molecular weight excluding hydrogens is 269 g/mol. The quantitative estimate of drug-likeness (QED) is 0.811. The molecule has 1 aromatic heterocycles. The number of carbonyl (C=O) groups is 1. The Hall–Kier alpha value is -2.43. The molecule has 0 radical (unpaired) electrons. The van der Waals surface area contributed by atoms with Crippen LogP contribution < -0.4 is 9.80 Å². The van der Waals surface area contributed by atoms with Crippen molar-refractivity contribution in [1.82, 2.24) is 4.98 Å². The van der Waals surface area contributed by atoms with Gasteiger partial charge in [-0.2, -0.15) is 0 Å². The van der Waals surface area contributed by atoms with Crippen molar-refractivity contribution in [3.05, 3.63) is 54.0 Å². The van der Waals surface area contributed by atoms with Crippen LogP contribution in [0.2, 0.25) is 0 Å². The van der Waals surface area contributed by atoms with Crippen molar-refractivity contribution < 1.29 is 9.18 Å².